The fourth-order valence-electron chi connectivity index (χ4n) is 0.922. The monoisotopic (exact) mass is 210 g/mol. The first-order valence-corrected chi connectivity index (χ1v) is 5.50. The zero-order chi connectivity index (χ0) is 10.6. The molecule has 76 valence electrons. The van der Waals surface area contributed by atoms with E-state index in [4.69, 9.17) is 15.9 Å². The van der Waals surface area contributed by atoms with E-state index >= 15 is 0 Å². The molecule has 3 N–H and O–H groups in total. The molecule has 0 saturated heterocycles. The number of amidine groups is 1. The Kier molecular flexibility index (Phi) is 3.83. The van der Waals surface area contributed by atoms with Crippen LogP contribution in [0, 0.1) is 5.41 Å². The van der Waals surface area contributed by atoms with Gasteiger partial charge in [0.2, 0.25) is 0 Å². The molecule has 0 aliphatic heterocycles. The van der Waals surface area contributed by atoms with E-state index in [9.17, 15) is 0 Å². The average molecular weight is 210 g/mol. The van der Waals surface area contributed by atoms with Crippen LogP contribution in [-0.2, 0) is 0 Å². The molecule has 3 nitrogen and oxygen atoms in total. The molecular formula is C10H14N2OS. The van der Waals surface area contributed by atoms with Crippen molar-refractivity contribution < 1.29 is 4.74 Å². The third kappa shape index (κ3) is 2.96. The van der Waals surface area contributed by atoms with E-state index in [-0.39, 0.29) is 11.9 Å². The smallest absolute Gasteiger partial charge is 0.152 e. The van der Waals surface area contributed by atoms with Crippen LogP contribution in [0.25, 0.3) is 0 Å². The quantitative estimate of drug-likeness (QED) is 0.454. The van der Waals surface area contributed by atoms with Crippen molar-refractivity contribution in [3.8, 4) is 5.75 Å². The van der Waals surface area contributed by atoms with E-state index in [0.717, 1.165) is 5.75 Å². The van der Waals surface area contributed by atoms with Crippen LogP contribution in [-0.4, -0.2) is 18.2 Å². The second-order valence-corrected chi connectivity index (χ2v) is 3.77. The topological polar surface area (TPSA) is 59.1 Å². The Bertz CT molecular complexity index is 310. The first kappa shape index (κ1) is 10.9. The van der Waals surface area contributed by atoms with Gasteiger partial charge in [0.15, 0.2) is 6.10 Å². The molecule has 0 heterocycles. The van der Waals surface area contributed by atoms with Gasteiger partial charge in [-0.3, -0.25) is 5.41 Å². The number of benzene rings is 1. The van der Waals surface area contributed by atoms with Crippen molar-refractivity contribution in [1.29, 1.82) is 5.41 Å². The predicted molar refractivity (Wildman–Crippen MR) is 60.2 cm³/mol. The first-order chi connectivity index (χ1) is 6.63. The highest BCUT2D eigenvalue weighted by Crippen LogP contribution is 2.19. The standard InChI is InChI=1S/C10H14N2OS/c1-7(10(11)12)13-8-3-5-9(14-2)6-4-8/h3-7H,1-2H3,(H3,11,12). The van der Waals surface area contributed by atoms with Crippen LogP contribution < -0.4 is 10.5 Å². The minimum Gasteiger partial charge on any atom is -0.483 e. The number of thioether (sulfide) groups is 1. The molecule has 0 spiro atoms. The molecule has 0 aliphatic carbocycles. The lowest BCUT2D eigenvalue weighted by atomic mass is 10.3. The molecule has 0 amide bonds. The summed E-state index contributed by atoms with van der Waals surface area (Å²) in [6, 6.07) is 7.72. The highest BCUT2D eigenvalue weighted by atomic mass is 32.2. The summed E-state index contributed by atoms with van der Waals surface area (Å²) in [6.45, 7) is 1.75. The number of nitrogens with one attached hydrogen (secondary N) is 1. The molecule has 0 radical (unpaired) electrons. The number of rotatable bonds is 4. The second kappa shape index (κ2) is 4.91. The van der Waals surface area contributed by atoms with Crippen molar-refractivity contribution in [2.24, 2.45) is 5.73 Å². The van der Waals surface area contributed by atoms with Crippen molar-refractivity contribution in [2.45, 2.75) is 17.9 Å². The van der Waals surface area contributed by atoms with Crippen LogP contribution in [0.4, 0.5) is 0 Å². The molecule has 1 atom stereocenters. The van der Waals surface area contributed by atoms with Gasteiger partial charge in [-0.1, -0.05) is 0 Å². The molecule has 4 heteroatoms. The largest absolute Gasteiger partial charge is 0.483 e. The number of ether oxygens (including phenoxy) is 1. The first-order valence-electron chi connectivity index (χ1n) is 4.28. The van der Waals surface area contributed by atoms with E-state index in [1.54, 1.807) is 18.7 Å². The van der Waals surface area contributed by atoms with E-state index < -0.39 is 0 Å². The summed E-state index contributed by atoms with van der Waals surface area (Å²) >= 11 is 1.68. The Balaban J connectivity index is 2.64. The lowest BCUT2D eigenvalue weighted by molar-refractivity contribution is 0.284. The molecule has 1 rings (SSSR count). The van der Waals surface area contributed by atoms with Gasteiger partial charge in [-0.15, -0.1) is 11.8 Å². The molecule has 1 unspecified atom stereocenters. The number of hydrogen-bond donors (Lipinski definition) is 2. The fourth-order valence-corrected chi connectivity index (χ4v) is 1.33. The van der Waals surface area contributed by atoms with Gasteiger partial charge in [-0.25, -0.2) is 0 Å². The summed E-state index contributed by atoms with van der Waals surface area (Å²) in [6.07, 6.45) is 1.66. The van der Waals surface area contributed by atoms with Crippen molar-refractivity contribution in [2.75, 3.05) is 6.26 Å². The Morgan fingerprint density at radius 2 is 2.00 bits per heavy atom. The van der Waals surface area contributed by atoms with Gasteiger partial charge in [-0.05, 0) is 37.4 Å². The Morgan fingerprint density at radius 1 is 1.43 bits per heavy atom. The lowest BCUT2D eigenvalue weighted by Gasteiger charge is -2.12. The van der Waals surface area contributed by atoms with Gasteiger partial charge in [0.1, 0.15) is 11.6 Å². The number of nitrogens with two attached hydrogens (primary N) is 1. The molecule has 1 aromatic rings. The molecule has 0 aliphatic rings. The second-order valence-electron chi connectivity index (χ2n) is 2.89. The average Bonchev–Trinajstić information content (AvgIpc) is 2.19. The molecular weight excluding hydrogens is 196 g/mol. The van der Waals surface area contributed by atoms with Crippen LogP contribution in [0.1, 0.15) is 6.92 Å². The van der Waals surface area contributed by atoms with Gasteiger partial charge in [-0.2, -0.15) is 0 Å². The van der Waals surface area contributed by atoms with Crippen molar-refractivity contribution >= 4 is 17.6 Å². The summed E-state index contributed by atoms with van der Waals surface area (Å²) < 4.78 is 5.42. The molecule has 14 heavy (non-hydrogen) atoms. The van der Waals surface area contributed by atoms with E-state index in [1.165, 1.54) is 4.90 Å². The maximum Gasteiger partial charge on any atom is 0.152 e. The molecule has 0 aromatic heterocycles. The minimum absolute atomic E-state index is 0.0407. The SMILES string of the molecule is CSc1ccc(OC(C)C(=N)N)cc1. The van der Waals surface area contributed by atoms with Gasteiger partial charge >= 0.3 is 0 Å². The van der Waals surface area contributed by atoms with E-state index in [1.807, 2.05) is 30.5 Å². The number of hydrogen-bond acceptors (Lipinski definition) is 3. The molecule has 0 bridgehead atoms. The lowest BCUT2D eigenvalue weighted by Crippen LogP contribution is -2.29. The third-order valence-electron chi connectivity index (χ3n) is 1.81. The van der Waals surface area contributed by atoms with Crippen molar-refractivity contribution in [3.05, 3.63) is 24.3 Å². The zero-order valence-electron chi connectivity index (χ0n) is 8.28. The van der Waals surface area contributed by atoms with Gasteiger partial charge in [0.05, 0.1) is 0 Å². The van der Waals surface area contributed by atoms with Gasteiger partial charge < -0.3 is 10.5 Å². The van der Waals surface area contributed by atoms with E-state index in [2.05, 4.69) is 0 Å². The fraction of sp³-hybridized carbons (Fsp3) is 0.300. The third-order valence-corrected chi connectivity index (χ3v) is 2.55. The molecule has 0 fully saturated rings. The Hall–Kier alpha value is -1.16. The van der Waals surface area contributed by atoms with Gasteiger partial charge in [0.25, 0.3) is 0 Å². The summed E-state index contributed by atoms with van der Waals surface area (Å²) in [5, 5.41) is 7.18. The van der Waals surface area contributed by atoms with E-state index in [0.29, 0.717) is 0 Å². The highest BCUT2D eigenvalue weighted by molar-refractivity contribution is 7.98. The summed E-state index contributed by atoms with van der Waals surface area (Å²) in [5.41, 5.74) is 5.29. The normalized spacial score (nSPS) is 12.1. The Labute approximate surface area is 88.2 Å². The summed E-state index contributed by atoms with van der Waals surface area (Å²) in [7, 11) is 0. The van der Waals surface area contributed by atoms with Crippen LogP contribution in [0.2, 0.25) is 0 Å². The highest BCUT2D eigenvalue weighted by Gasteiger charge is 2.06. The van der Waals surface area contributed by atoms with Crippen molar-refractivity contribution in [3.63, 3.8) is 0 Å². The van der Waals surface area contributed by atoms with Crippen molar-refractivity contribution in [1.82, 2.24) is 0 Å². The van der Waals surface area contributed by atoms with Crippen LogP contribution in [0.5, 0.6) is 5.75 Å². The minimum atomic E-state index is -0.366. The molecule has 0 saturated carbocycles. The maximum atomic E-state index is 7.18. The van der Waals surface area contributed by atoms with Crippen LogP contribution in [0.15, 0.2) is 29.2 Å². The summed E-state index contributed by atoms with van der Waals surface area (Å²) in [5.74, 6) is 0.782. The van der Waals surface area contributed by atoms with Crippen LogP contribution >= 0.6 is 11.8 Å². The predicted octanol–water partition coefficient (Wildman–Crippen LogP) is 2.11. The van der Waals surface area contributed by atoms with Crippen LogP contribution in [0.3, 0.4) is 0 Å². The summed E-state index contributed by atoms with van der Waals surface area (Å²) in [4.78, 5) is 1.19. The maximum absolute atomic E-state index is 7.18. The van der Waals surface area contributed by atoms with Gasteiger partial charge in [0, 0.05) is 4.90 Å². The molecule has 1 aromatic carbocycles. The Morgan fingerprint density at radius 3 is 2.43 bits per heavy atom. The zero-order valence-corrected chi connectivity index (χ0v) is 9.10.